The number of hydrogen-bond donors (Lipinski definition) is 1. The Hall–Kier alpha value is -1.06. The SMILES string of the molecule is CN(CCCN)Cc1cccc2c1OC(C)(C)C2. The van der Waals surface area contributed by atoms with Crippen molar-refractivity contribution in [2.45, 2.75) is 38.8 Å². The van der Waals surface area contributed by atoms with E-state index in [-0.39, 0.29) is 5.60 Å². The van der Waals surface area contributed by atoms with E-state index < -0.39 is 0 Å². The van der Waals surface area contributed by atoms with Crippen molar-refractivity contribution in [3.63, 3.8) is 0 Å². The Morgan fingerprint density at radius 3 is 2.89 bits per heavy atom. The van der Waals surface area contributed by atoms with E-state index >= 15 is 0 Å². The average Bonchev–Trinajstić information content (AvgIpc) is 2.62. The van der Waals surface area contributed by atoms with Gasteiger partial charge < -0.3 is 15.4 Å². The molecule has 0 amide bonds. The smallest absolute Gasteiger partial charge is 0.127 e. The van der Waals surface area contributed by atoms with Gasteiger partial charge in [0.2, 0.25) is 0 Å². The van der Waals surface area contributed by atoms with E-state index in [0.717, 1.165) is 38.2 Å². The van der Waals surface area contributed by atoms with Gasteiger partial charge in [0.25, 0.3) is 0 Å². The minimum Gasteiger partial charge on any atom is -0.487 e. The van der Waals surface area contributed by atoms with Crippen LogP contribution in [0.5, 0.6) is 5.75 Å². The number of ether oxygens (including phenoxy) is 1. The number of rotatable bonds is 5. The van der Waals surface area contributed by atoms with Gasteiger partial charge in [-0.05, 0) is 46.0 Å². The molecule has 0 saturated heterocycles. The Balaban J connectivity index is 2.09. The van der Waals surface area contributed by atoms with E-state index in [1.807, 2.05) is 0 Å². The van der Waals surface area contributed by atoms with Crippen LogP contribution in [0.15, 0.2) is 18.2 Å². The molecule has 2 rings (SSSR count). The highest BCUT2D eigenvalue weighted by molar-refractivity contribution is 5.45. The van der Waals surface area contributed by atoms with Crippen LogP contribution in [0.4, 0.5) is 0 Å². The monoisotopic (exact) mass is 248 g/mol. The van der Waals surface area contributed by atoms with Crippen LogP contribution in [0.2, 0.25) is 0 Å². The normalized spacial score (nSPS) is 16.7. The van der Waals surface area contributed by atoms with E-state index in [1.54, 1.807) is 0 Å². The van der Waals surface area contributed by atoms with Gasteiger partial charge in [-0.15, -0.1) is 0 Å². The number of benzene rings is 1. The molecule has 100 valence electrons. The zero-order valence-electron chi connectivity index (χ0n) is 11.7. The zero-order chi connectivity index (χ0) is 13.2. The number of para-hydroxylation sites is 1. The summed E-state index contributed by atoms with van der Waals surface area (Å²) in [4.78, 5) is 2.30. The Kier molecular flexibility index (Phi) is 3.93. The van der Waals surface area contributed by atoms with Crippen molar-refractivity contribution in [2.24, 2.45) is 5.73 Å². The van der Waals surface area contributed by atoms with Crippen molar-refractivity contribution in [3.8, 4) is 5.75 Å². The summed E-state index contributed by atoms with van der Waals surface area (Å²) in [5.41, 5.74) is 8.11. The minimum atomic E-state index is -0.0612. The molecule has 0 aromatic heterocycles. The van der Waals surface area contributed by atoms with Gasteiger partial charge in [0.15, 0.2) is 0 Å². The molecule has 3 nitrogen and oxygen atoms in total. The molecule has 1 aromatic rings. The first-order valence-corrected chi connectivity index (χ1v) is 6.70. The fourth-order valence-electron chi connectivity index (χ4n) is 2.53. The predicted octanol–water partition coefficient (Wildman–Crippen LogP) is 2.18. The van der Waals surface area contributed by atoms with Gasteiger partial charge in [-0.1, -0.05) is 18.2 Å². The first-order chi connectivity index (χ1) is 8.52. The first kappa shape index (κ1) is 13.4. The average molecular weight is 248 g/mol. The highest BCUT2D eigenvalue weighted by Gasteiger charge is 2.31. The molecule has 0 saturated carbocycles. The van der Waals surface area contributed by atoms with Crippen LogP contribution in [-0.4, -0.2) is 30.6 Å². The second kappa shape index (κ2) is 5.29. The molecule has 0 fully saturated rings. The Labute approximate surface area is 110 Å². The third-order valence-corrected chi connectivity index (χ3v) is 3.36. The van der Waals surface area contributed by atoms with Crippen LogP contribution in [0, 0.1) is 0 Å². The molecule has 18 heavy (non-hydrogen) atoms. The second-order valence-electron chi connectivity index (χ2n) is 5.82. The van der Waals surface area contributed by atoms with Crippen LogP contribution < -0.4 is 10.5 Å². The van der Waals surface area contributed by atoms with Gasteiger partial charge in [-0.3, -0.25) is 0 Å². The standard InChI is InChI=1S/C15H24N2O/c1-15(2)10-12-6-4-7-13(14(12)18-15)11-17(3)9-5-8-16/h4,6-7H,5,8-11,16H2,1-3H3. The third-order valence-electron chi connectivity index (χ3n) is 3.36. The predicted molar refractivity (Wildman–Crippen MR) is 74.9 cm³/mol. The van der Waals surface area contributed by atoms with Gasteiger partial charge in [0, 0.05) is 18.5 Å². The molecule has 0 spiro atoms. The van der Waals surface area contributed by atoms with Crippen molar-refractivity contribution >= 4 is 0 Å². The maximum absolute atomic E-state index is 6.08. The summed E-state index contributed by atoms with van der Waals surface area (Å²) in [7, 11) is 2.13. The Morgan fingerprint density at radius 2 is 2.17 bits per heavy atom. The number of nitrogens with zero attached hydrogens (tertiary/aromatic N) is 1. The molecule has 2 N–H and O–H groups in total. The van der Waals surface area contributed by atoms with Crippen molar-refractivity contribution in [3.05, 3.63) is 29.3 Å². The van der Waals surface area contributed by atoms with Crippen LogP contribution >= 0.6 is 0 Å². The van der Waals surface area contributed by atoms with Crippen molar-refractivity contribution in [2.75, 3.05) is 20.1 Å². The summed E-state index contributed by atoms with van der Waals surface area (Å²) in [5.74, 6) is 1.10. The molecule has 0 aliphatic carbocycles. The molecule has 1 heterocycles. The molecule has 3 heteroatoms. The summed E-state index contributed by atoms with van der Waals surface area (Å²) < 4.78 is 6.08. The van der Waals surface area contributed by atoms with Crippen molar-refractivity contribution in [1.29, 1.82) is 0 Å². The lowest BCUT2D eigenvalue weighted by molar-refractivity contribution is 0.136. The lowest BCUT2D eigenvalue weighted by Crippen LogP contribution is -2.25. The van der Waals surface area contributed by atoms with E-state index in [2.05, 4.69) is 44.0 Å². The maximum atomic E-state index is 6.08. The van der Waals surface area contributed by atoms with Crippen LogP contribution in [0.3, 0.4) is 0 Å². The van der Waals surface area contributed by atoms with E-state index in [1.165, 1.54) is 11.1 Å². The maximum Gasteiger partial charge on any atom is 0.127 e. The van der Waals surface area contributed by atoms with Gasteiger partial charge >= 0.3 is 0 Å². The van der Waals surface area contributed by atoms with Crippen LogP contribution in [0.1, 0.15) is 31.4 Å². The first-order valence-electron chi connectivity index (χ1n) is 6.70. The zero-order valence-corrected chi connectivity index (χ0v) is 11.7. The number of nitrogens with two attached hydrogens (primary N) is 1. The van der Waals surface area contributed by atoms with E-state index in [0.29, 0.717) is 0 Å². The summed E-state index contributed by atoms with van der Waals surface area (Å²) in [6.07, 6.45) is 2.04. The van der Waals surface area contributed by atoms with Gasteiger partial charge in [0.05, 0.1) is 0 Å². The van der Waals surface area contributed by atoms with Gasteiger partial charge in [-0.2, -0.15) is 0 Å². The second-order valence-corrected chi connectivity index (χ2v) is 5.82. The quantitative estimate of drug-likeness (QED) is 0.868. The molecule has 1 aliphatic heterocycles. The van der Waals surface area contributed by atoms with Gasteiger partial charge in [0.1, 0.15) is 11.4 Å². The molecule has 0 bridgehead atoms. The van der Waals surface area contributed by atoms with Crippen molar-refractivity contribution < 1.29 is 4.74 Å². The lowest BCUT2D eigenvalue weighted by atomic mass is 10.0. The van der Waals surface area contributed by atoms with E-state index in [9.17, 15) is 0 Å². The fourth-order valence-corrected chi connectivity index (χ4v) is 2.53. The highest BCUT2D eigenvalue weighted by Crippen LogP contribution is 2.37. The molecule has 1 aliphatic rings. The fraction of sp³-hybridized carbons (Fsp3) is 0.600. The largest absolute Gasteiger partial charge is 0.487 e. The van der Waals surface area contributed by atoms with Crippen LogP contribution in [-0.2, 0) is 13.0 Å². The molecule has 0 unspecified atom stereocenters. The van der Waals surface area contributed by atoms with E-state index in [4.69, 9.17) is 10.5 Å². The minimum absolute atomic E-state index is 0.0612. The Morgan fingerprint density at radius 1 is 1.39 bits per heavy atom. The topological polar surface area (TPSA) is 38.5 Å². The highest BCUT2D eigenvalue weighted by atomic mass is 16.5. The Bertz CT molecular complexity index is 415. The van der Waals surface area contributed by atoms with Gasteiger partial charge in [-0.25, -0.2) is 0 Å². The number of hydrogen-bond acceptors (Lipinski definition) is 3. The third kappa shape index (κ3) is 3.03. The summed E-state index contributed by atoms with van der Waals surface area (Å²) in [6, 6.07) is 6.47. The molecule has 0 atom stereocenters. The molecule has 1 aromatic carbocycles. The summed E-state index contributed by atoms with van der Waals surface area (Å²) in [5, 5.41) is 0. The summed E-state index contributed by atoms with van der Waals surface area (Å²) in [6.45, 7) is 7.01. The molecule has 0 radical (unpaired) electrons. The summed E-state index contributed by atoms with van der Waals surface area (Å²) >= 11 is 0. The lowest BCUT2D eigenvalue weighted by Gasteiger charge is -2.20. The number of fused-ring (bicyclic) bond motifs is 1. The van der Waals surface area contributed by atoms with Crippen LogP contribution in [0.25, 0.3) is 0 Å². The molecular weight excluding hydrogens is 224 g/mol. The van der Waals surface area contributed by atoms with Crippen molar-refractivity contribution in [1.82, 2.24) is 4.90 Å². The molecular formula is C15H24N2O.